The van der Waals surface area contributed by atoms with Crippen LogP contribution in [-0.4, -0.2) is 55.0 Å². The summed E-state index contributed by atoms with van der Waals surface area (Å²) >= 11 is 0. The molecule has 1 aromatic heterocycles. The lowest BCUT2D eigenvalue weighted by atomic mass is 10.2. The number of aromatic amines is 1. The molecule has 3 rings (SSSR count). The van der Waals surface area contributed by atoms with Crippen molar-refractivity contribution in [1.29, 1.82) is 0 Å². The molecule has 29 heavy (non-hydrogen) atoms. The molecular weight excluding hydrogens is 394 g/mol. The fraction of sp³-hybridized carbons (Fsp3) is 0.211. The molecule has 0 saturated carbocycles. The van der Waals surface area contributed by atoms with E-state index < -0.39 is 10.0 Å². The number of aromatic nitrogens is 3. The number of carbonyl (C=O) groups is 1. The SMILES string of the molecule is COc1ccc(-c2n[nH]c(CNC(=O)c3ccc(S(=O)(=O)N(C)C)cc3)n2)cc1. The summed E-state index contributed by atoms with van der Waals surface area (Å²) in [6.07, 6.45) is 0. The second-order valence-corrected chi connectivity index (χ2v) is 8.48. The molecule has 2 aromatic carbocycles. The van der Waals surface area contributed by atoms with E-state index >= 15 is 0 Å². The first-order chi connectivity index (χ1) is 13.8. The molecule has 0 aliphatic rings. The average Bonchev–Trinajstić information content (AvgIpc) is 3.21. The summed E-state index contributed by atoms with van der Waals surface area (Å²) in [5.41, 5.74) is 1.16. The van der Waals surface area contributed by atoms with Gasteiger partial charge in [0.15, 0.2) is 5.82 Å². The highest BCUT2D eigenvalue weighted by Crippen LogP contribution is 2.19. The number of rotatable bonds is 7. The van der Waals surface area contributed by atoms with Crippen LogP contribution >= 0.6 is 0 Å². The van der Waals surface area contributed by atoms with Gasteiger partial charge >= 0.3 is 0 Å². The van der Waals surface area contributed by atoms with Gasteiger partial charge in [-0.05, 0) is 48.5 Å². The highest BCUT2D eigenvalue weighted by molar-refractivity contribution is 7.89. The van der Waals surface area contributed by atoms with Crippen molar-refractivity contribution in [3.05, 3.63) is 59.9 Å². The normalized spacial score (nSPS) is 11.4. The Morgan fingerprint density at radius 3 is 2.34 bits per heavy atom. The molecule has 1 heterocycles. The summed E-state index contributed by atoms with van der Waals surface area (Å²) in [5.74, 6) is 1.40. The van der Waals surface area contributed by atoms with Crippen molar-refractivity contribution in [1.82, 2.24) is 24.8 Å². The fourth-order valence-electron chi connectivity index (χ4n) is 2.50. The third kappa shape index (κ3) is 4.61. The van der Waals surface area contributed by atoms with Crippen molar-refractivity contribution in [2.75, 3.05) is 21.2 Å². The number of hydrogen-bond donors (Lipinski definition) is 2. The van der Waals surface area contributed by atoms with Crippen LogP contribution in [0.25, 0.3) is 11.4 Å². The molecular formula is C19H21N5O4S. The van der Waals surface area contributed by atoms with Crippen LogP contribution in [0.15, 0.2) is 53.4 Å². The van der Waals surface area contributed by atoms with E-state index in [1.54, 1.807) is 7.11 Å². The number of nitrogens with zero attached hydrogens (tertiary/aromatic N) is 3. The van der Waals surface area contributed by atoms with Crippen molar-refractivity contribution in [2.24, 2.45) is 0 Å². The van der Waals surface area contributed by atoms with Crippen LogP contribution in [0.2, 0.25) is 0 Å². The van der Waals surface area contributed by atoms with Crippen LogP contribution in [0.1, 0.15) is 16.2 Å². The lowest BCUT2D eigenvalue weighted by Gasteiger charge is -2.11. The number of benzene rings is 2. The van der Waals surface area contributed by atoms with Gasteiger partial charge in [0.05, 0.1) is 18.6 Å². The van der Waals surface area contributed by atoms with Gasteiger partial charge in [-0.1, -0.05) is 0 Å². The second-order valence-electron chi connectivity index (χ2n) is 6.33. The molecule has 0 aliphatic carbocycles. The minimum absolute atomic E-state index is 0.124. The molecule has 0 bridgehead atoms. The molecule has 0 unspecified atom stereocenters. The first-order valence-electron chi connectivity index (χ1n) is 8.68. The van der Waals surface area contributed by atoms with E-state index in [1.165, 1.54) is 38.4 Å². The molecule has 0 saturated heterocycles. The van der Waals surface area contributed by atoms with Gasteiger partial charge in [-0.2, -0.15) is 5.10 Å². The van der Waals surface area contributed by atoms with E-state index in [4.69, 9.17) is 4.74 Å². The molecule has 0 atom stereocenters. The summed E-state index contributed by atoms with van der Waals surface area (Å²) in [7, 11) is 0.966. The van der Waals surface area contributed by atoms with Gasteiger partial charge in [-0.15, -0.1) is 0 Å². The van der Waals surface area contributed by atoms with Crippen LogP contribution < -0.4 is 10.1 Å². The van der Waals surface area contributed by atoms with Gasteiger partial charge in [-0.3, -0.25) is 9.89 Å². The molecule has 1 amide bonds. The molecule has 9 nitrogen and oxygen atoms in total. The molecule has 0 radical (unpaired) electrons. The number of carbonyl (C=O) groups excluding carboxylic acids is 1. The lowest BCUT2D eigenvalue weighted by Crippen LogP contribution is -2.24. The minimum atomic E-state index is -3.53. The van der Waals surface area contributed by atoms with Crippen molar-refractivity contribution in [3.8, 4) is 17.1 Å². The van der Waals surface area contributed by atoms with Gasteiger partial charge in [-0.25, -0.2) is 17.7 Å². The summed E-state index contributed by atoms with van der Waals surface area (Å²) < 4.78 is 30.4. The van der Waals surface area contributed by atoms with Crippen LogP contribution in [0.4, 0.5) is 0 Å². The largest absolute Gasteiger partial charge is 0.497 e. The molecule has 2 N–H and O–H groups in total. The predicted octanol–water partition coefficient (Wildman–Crippen LogP) is 1.66. The quantitative estimate of drug-likeness (QED) is 0.606. The summed E-state index contributed by atoms with van der Waals surface area (Å²) in [4.78, 5) is 16.8. The van der Waals surface area contributed by atoms with E-state index in [0.29, 0.717) is 17.2 Å². The number of nitrogens with one attached hydrogen (secondary N) is 2. The van der Waals surface area contributed by atoms with E-state index in [9.17, 15) is 13.2 Å². The fourth-order valence-corrected chi connectivity index (χ4v) is 3.40. The topological polar surface area (TPSA) is 117 Å². The number of H-pyrrole nitrogens is 1. The maximum atomic E-state index is 12.3. The third-order valence-corrected chi connectivity index (χ3v) is 6.02. The molecule has 152 valence electrons. The van der Waals surface area contributed by atoms with Gasteiger partial charge in [0.2, 0.25) is 10.0 Å². The maximum Gasteiger partial charge on any atom is 0.251 e. The van der Waals surface area contributed by atoms with Crippen molar-refractivity contribution >= 4 is 15.9 Å². The Hall–Kier alpha value is -3.24. The zero-order valence-corrected chi connectivity index (χ0v) is 17.0. The highest BCUT2D eigenvalue weighted by atomic mass is 32.2. The first kappa shape index (κ1) is 20.5. The number of ether oxygens (including phenoxy) is 1. The minimum Gasteiger partial charge on any atom is -0.497 e. The zero-order valence-electron chi connectivity index (χ0n) is 16.2. The smallest absolute Gasteiger partial charge is 0.251 e. The Labute approximate surface area is 168 Å². The van der Waals surface area contributed by atoms with E-state index in [0.717, 1.165) is 15.6 Å². The van der Waals surface area contributed by atoms with Crippen molar-refractivity contribution in [3.63, 3.8) is 0 Å². The van der Waals surface area contributed by atoms with Gasteiger partial charge in [0.25, 0.3) is 5.91 Å². The summed E-state index contributed by atoms with van der Waals surface area (Å²) in [6.45, 7) is 0.153. The number of amides is 1. The Bertz CT molecular complexity index is 1090. The van der Waals surface area contributed by atoms with E-state index in [-0.39, 0.29) is 17.3 Å². The molecule has 10 heteroatoms. The molecule has 0 aliphatic heterocycles. The molecule has 3 aromatic rings. The highest BCUT2D eigenvalue weighted by Gasteiger charge is 2.17. The second kappa shape index (κ2) is 8.41. The lowest BCUT2D eigenvalue weighted by molar-refractivity contribution is 0.0950. The van der Waals surface area contributed by atoms with Crippen LogP contribution in [0.3, 0.4) is 0 Å². The van der Waals surface area contributed by atoms with Crippen LogP contribution in [-0.2, 0) is 16.6 Å². The van der Waals surface area contributed by atoms with E-state index in [2.05, 4.69) is 20.5 Å². The number of sulfonamides is 1. The van der Waals surface area contributed by atoms with Gasteiger partial charge < -0.3 is 10.1 Å². The van der Waals surface area contributed by atoms with Crippen molar-refractivity contribution < 1.29 is 17.9 Å². The standard InChI is InChI=1S/C19H21N5O4S/c1-24(2)29(26,27)16-10-6-14(7-11-16)19(25)20-12-17-21-18(23-22-17)13-4-8-15(28-3)9-5-13/h4-11H,12H2,1-3H3,(H,20,25)(H,21,22,23). The average molecular weight is 415 g/mol. The Morgan fingerprint density at radius 2 is 1.76 bits per heavy atom. The molecule has 0 spiro atoms. The first-order valence-corrected chi connectivity index (χ1v) is 10.1. The van der Waals surface area contributed by atoms with Crippen LogP contribution in [0.5, 0.6) is 5.75 Å². The zero-order chi connectivity index (χ0) is 21.0. The molecule has 0 fully saturated rings. The predicted molar refractivity (Wildman–Crippen MR) is 107 cm³/mol. The third-order valence-electron chi connectivity index (χ3n) is 4.19. The number of methoxy groups -OCH3 is 1. The Kier molecular flexibility index (Phi) is 5.95. The monoisotopic (exact) mass is 415 g/mol. The van der Waals surface area contributed by atoms with Gasteiger partial charge in [0, 0.05) is 25.2 Å². The summed E-state index contributed by atoms with van der Waals surface area (Å²) in [6, 6.07) is 13.0. The van der Waals surface area contributed by atoms with Gasteiger partial charge in [0.1, 0.15) is 11.6 Å². The van der Waals surface area contributed by atoms with Crippen molar-refractivity contribution in [2.45, 2.75) is 11.4 Å². The van der Waals surface area contributed by atoms with E-state index in [1.807, 2.05) is 24.3 Å². The maximum absolute atomic E-state index is 12.3. The summed E-state index contributed by atoms with van der Waals surface area (Å²) in [5, 5.41) is 9.66. The Morgan fingerprint density at radius 1 is 1.10 bits per heavy atom. The Balaban J connectivity index is 1.63. The van der Waals surface area contributed by atoms with Crippen LogP contribution in [0, 0.1) is 0 Å². The number of hydrogen-bond acceptors (Lipinski definition) is 6.